The number of halogens is 6. The molecular weight excluding hydrogens is 1300 g/mol. The van der Waals surface area contributed by atoms with Crippen molar-refractivity contribution in [2.24, 2.45) is 0 Å². The summed E-state index contributed by atoms with van der Waals surface area (Å²) in [6.07, 6.45) is 9.96. The summed E-state index contributed by atoms with van der Waals surface area (Å²) in [5.74, 6) is 12.2. The number of aliphatic hydroxyl groups is 4. The molecule has 0 heterocycles. The Kier molecular flexibility index (Phi) is 171. The monoisotopic (exact) mass is 1400 g/mol. The summed E-state index contributed by atoms with van der Waals surface area (Å²) in [5, 5.41) is 56.3. The van der Waals surface area contributed by atoms with Gasteiger partial charge in [0, 0.05) is 85.5 Å². The number of carbonyl (C=O) groups is 8. The van der Waals surface area contributed by atoms with E-state index >= 15 is 0 Å². The van der Waals surface area contributed by atoms with E-state index in [2.05, 4.69) is 49.1 Å². The third-order valence-corrected chi connectivity index (χ3v) is 10.9. The Balaban J connectivity index is -0.0000000384. The van der Waals surface area contributed by atoms with Crippen LogP contribution in [0.5, 0.6) is 0 Å². The van der Waals surface area contributed by atoms with Crippen molar-refractivity contribution in [2.45, 2.75) is 109 Å². The molecule has 538 valence electrons. The molecule has 0 aliphatic rings. The zero-order valence-corrected chi connectivity index (χ0v) is 59.6. The van der Waals surface area contributed by atoms with Crippen LogP contribution in [0.3, 0.4) is 0 Å². The van der Waals surface area contributed by atoms with E-state index in [4.69, 9.17) is 45.0 Å². The van der Waals surface area contributed by atoms with Gasteiger partial charge in [-0.1, -0.05) is 150 Å². The summed E-state index contributed by atoms with van der Waals surface area (Å²) >= 11 is 0. The number of allylic oxidation sites excluding steroid dienone is 2. The second-order valence-electron chi connectivity index (χ2n) is 12.7. The van der Waals surface area contributed by atoms with Crippen molar-refractivity contribution in [1.29, 1.82) is 0 Å². The average molecular weight is 1400 g/mol. The minimum atomic E-state index is -3.27. The summed E-state index contributed by atoms with van der Waals surface area (Å²) in [6, 6.07) is 28.6. The van der Waals surface area contributed by atoms with Gasteiger partial charge >= 0.3 is 105 Å². The number of alkyl halides is 3. The van der Waals surface area contributed by atoms with Crippen LogP contribution in [-0.2, 0) is 66.9 Å². The molecule has 0 aliphatic heterocycles. The van der Waals surface area contributed by atoms with Gasteiger partial charge in [-0.05, 0) is 84.1 Å². The number of hydrogen-bond acceptors (Lipinski definition) is 18. The van der Waals surface area contributed by atoms with Crippen molar-refractivity contribution in [2.75, 3.05) is 64.1 Å². The van der Waals surface area contributed by atoms with Crippen LogP contribution in [0, 0.1) is 47.9 Å². The van der Waals surface area contributed by atoms with Gasteiger partial charge in [-0.3, -0.25) is 14.0 Å². The number of carboxylic acid groups (broad SMARTS) is 3. The SMILES string of the molecule is C.C.C#CC.C/C=C/C(=O)OC.CC#CC(=O)O.CC#CC(=O)OC.CC#CC(F)(F)OC.CC=CC(=O)O.CC=O.CCCC(=O)F.CCCC(=O)OC.CF.CO.CO.CO.CO.O=C(O)C=P(c1ccccc1)(c1ccccc1)c1ccccc1.O=C=O.[F-].[F-].[H-].[HH].[K+]. The minimum absolute atomic E-state index is 0. The molecule has 3 aromatic rings. The molecule has 0 saturated heterocycles. The molecule has 0 radical (unpaired) electrons. The van der Waals surface area contributed by atoms with Crippen LogP contribution in [0.4, 0.5) is 17.6 Å². The predicted octanol–water partition coefficient (Wildman–Crippen LogP) is -0.0585. The maximum atomic E-state index is 11.8. The quantitative estimate of drug-likeness (QED) is 0.0126. The second-order valence-corrected chi connectivity index (χ2v) is 16.0. The standard InChI is InChI=1S/C20H17O2P.C5H6F2O.C5H10O2.C5H8O2.C5H6O2.C4H7FO.C4H6O2.C4H4O2.C3H4.C2H4O.CH3F.CO2.4CH4O.2CH4.2FH.K.H2.H/c21-20(22)16-23(17-10-4-1-5-11-17,18-12-6-2-7-13-18)19-14-8-3-9-15-19;1-3-4-5(6,7)8-2;3*1-3-4-5(6)7-2;3*1-2-3-4(5)6;1-3-2;1-2-3;1-2;2-1-3;4*1-2;;;;;;;/h1-16H,(H,21,22);1-2H3;3-4H2,1-2H3;3-4H,1-2H3;1-2H3;2-3H2,1H3;2-3H,1H3,(H,5,6);1H3,(H,5,6);1H,2H3;2H,1H3;1H3;;4*2H,1H3;2*1H4;2*1H;;1H;/q;;;;;;;;;;;;;;;;;;;;+1;;-1/p-2/b;;;4-3+;;;;;;;;;;;;;;;;;;;. The molecule has 0 saturated carbocycles. The summed E-state index contributed by atoms with van der Waals surface area (Å²) in [7, 11) is 9.46. The number of esters is 3. The number of carbonyl (C=O) groups excluding carboxylic acids is 7. The molecule has 0 aromatic heterocycles. The van der Waals surface area contributed by atoms with Gasteiger partial charge in [-0.15, -0.1) is 12.3 Å². The Morgan fingerprint density at radius 3 is 1.01 bits per heavy atom. The maximum absolute atomic E-state index is 11.8. The first-order valence-electron chi connectivity index (χ1n) is 24.8. The van der Waals surface area contributed by atoms with Gasteiger partial charge < -0.3 is 70.3 Å². The van der Waals surface area contributed by atoms with Crippen molar-refractivity contribution < 1.29 is 184 Å². The molecule has 0 spiro atoms. The molecule has 0 fully saturated rings. The maximum Gasteiger partial charge on any atom is 1.00 e. The molecule has 7 N–H and O–H groups in total. The van der Waals surface area contributed by atoms with E-state index in [1.165, 1.54) is 60.0 Å². The number of aliphatic hydroxyl groups excluding tert-OH is 4. The van der Waals surface area contributed by atoms with Crippen LogP contribution >= 0.6 is 6.89 Å². The number of ether oxygens (including phenoxy) is 4. The fraction of sp³-hybridized carbons (Fsp3) is 0.385. The van der Waals surface area contributed by atoms with Gasteiger partial charge in [0.05, 0.1) is 28.5 Å². The zero-order valence-electron chi connectivity index (χ0n) is 56.6. The fourth-order valence-corrected chi connectivity index (χ4v) is 7.73. The number of hydrogen-bond donors (Lipinski definition) is 7. The summed E-state index contributed by atoms with van der Waals surface area (Å²) < 4.78 is 60.5. The first-order chi connectivity index (χ1) is 42.3. The van der Waals surface area contributed by atoms with Gasteiger partial charge in [0.25, 0.3) is 0 Å². The molecule has 29 heteroatoms. The van der Waals surface area contributed by atoms with E-state index < -0.39 is 42.9 Å². The molecule has 0 atom stereocenters. The third-order valence-electron chi connectivity index (χ3n) is 6.91. The van der Waals surface area contributed by atoms with E-state index in [1.54, 1.807) is 46.6 Å². The second kappa shape index (κ2) is 119. The molecule has 0 amide bonds. The van der Waals surface area contributed by atoms with Gasteiger partial charge in [0.1, 0.15) is 6.29 Å². The molecular formula is C65H102F6KO21P-2. The van der Waals surface area contributed by atoms with Crippen molar-refractivity contribution in [3.8, 4) is 47.9 Å². The van der Waals surface area contributed by atoms with Crippen LogP contribution in [0.1, 0.15) is 106 Å². The normalized spacial score (nSPS) is 7.41. The van der Waals surface area contributed by atoms with E-state index in [0.717, 1.165) is 70.2 Å². The van der Waals surface area contributed by atoms with Crippen LogP contribution in [0.15, 0.2) is 115 Å². The number of carboxylic acids is 3. The topological polar surface area (TPSA) is 349 Å². The third kappa shape index (κ3) is 118. The van der Waals surface area contributed by atoms with Crippen LogP contribution < -0.4 is 76.7 Å². The molecule has 0 aliphatic carbocycles. The molecule has 94 heavy (non-hydrogen) atoms. The molecule has 0 unspecified atom stereocenters. The van der Waals surface area contributed by atoms with Crippen molar-refractivity contribution in [3.05, 3.63) is 115 Å². The molecule has 3 aromatic carbocycles. The van der Waals surface area contributed by atoms with Gasteiger partial charge in [-0.2, -0.15) is 22.8 Å². The van der Waals surface area contributed by atoms with E-state index in [0.29, 0.717) is 20.0 Å². The average Bonchev–Trinajstić information content (AvgIpc) is 0.763. The number of benzene rings is 3. The summed E-state index contributed by atoms with van der Waals surface area (Å²) in [5.41, 5.74) is 0. The van der Waals surface area contributed by atoms with Crippen LogP contribution in [0.25, 0.3) is 0 Å². The largest absolute Gasteiger partial charge is 1.00 e. The van der Waals surface area contributed by atoms with Gasteiger partial charge in [0.15, 0.2) is 0 Å². The number of rotatable bonds is 11. The number of aliphatic carboxylic acids is 3. The zero-order chi connectivity index (χ0) is 72.9. The Morgan fingerprint density at radius 1 is 0.596 bits per heavy atom. The van der Waals surface area contributed by atoms with Crippen molar-refractivity contribution >= 4 is 82.9 Å². The smallest absolute Gasteiger partial charge is 1.00 e. The fourth-order valence-electron chi connectivity index (χ4n) is 4.13. The summed E-state index contributed by atoms with van der Waals surface area (Å²) in [6.45, 7) is 12.3. The van der Waals surface area contributed by atoms with Crippen LogP contribution in [0.2, 0.25) is 0 Å². The Labute approximate surface area is 598 Å². The number of terminal acetylenes is 1. The first-order valence-corrected chi connectivity index (χ1v) is 26.6. The Morgan fingerprint density at radius 2 is 0.904 bits per heavy atom. The summed E-state index contributed by atoms with van der Waals surface area (Å²) in [4.78, 5) is 95.4. The Hall–Kier alpha value is -7.76. The van der Waals surface area contributed by atoms with Crippen LogP contribution in [-0.4, -0.2) is 166 Å². The molecule has 21 nitrogen and oxygen atoms in total. The first kappa shape index (κ1) is 135. The number of methoxy groups -OCH3 is 4. The van der Waals surface area contributed by atoms with E-state index in [-0.39, 0.29) is 103 Å². The molecule has 3 rings (SSSR count). The van der Waals surface area contributed by atoms with Gasteiger partial charge in [-0.25, -0.2) is 24.0 Å². The molecule has 0 bridgehead atoms. The number of aldehydes is 1. The van der Waals surface area contributed by atoms with Crippen molar-refractivity contribution in [1.82, 2.24) is 0 Å². The van der Waals surface area contributed by atoms with E-state index in [1.807, 2.05) is 110 Å². The van der Waals surface area contributed by atoms with E-state index in [9.17, 15) is 56.2 Å². The Bertz CT molecular complexity index is 2460. The van der Waals surface area contributed by atoms with Gasteiger partial charge in [0.2, 0.25) is 0 Å². The minimum Gasteiger partial charge on any atom is -1.00 e. The van der Waals surface area contributed by atoms with Crippen molar-refractivity contribution in [3.63, 3.8) is 0 Å². The predicted molar refractivity (Wildman–Crippen MR) is 356 cm³/mol.